The van der Waals surface area contributed by atoms with Crippen molar-refractivity contribution in [3.05, 3.63) is 59.9 Å². The summed E-state index contributed by atoms with van der Waals surface area (Å²) >= 11 is 1.17. The minimum Gasteiger partial charge on any atom is -0.326 e. The lowest BCUT2D eigenvalue weighted by Crippen LogP contribution is -2.14. The van der Waals surface area contributed by atoms with E-state index in [9.17, 15) is 14.0 Å². The van der Waals surface area contributed by atoms with E-state index >= 15 is 0 Å². The second-order valence-corrected chi connectivity index (χ2v) is 7.82. The molecule has 3 aromatic rings. The highest BCUT2D eigenvalue weighted by molar-refractivity contribution is 7.99. The van der Waals surface area contributed by atoms with Gasteiger partial charge in [-0.15, -0.1) is 5.10 Å². The van der Waals surface area contributed by atoms with Gasteiger partial charge in [0.2, 0.25) is 11.1 Å². The molecule has 0 spiro atoms. The van der Waals surface area contributed by atoms with Crippen LogP contribution in [0.1, 0.15) is 30.6 Å². The highest BCUT2D eigenvalue weighted by Gasteiger charge is 2.13. The molecule has 6 nitrogen and oxygen atoms in total. The number of rotatable bonds is 8. The van der Waals surface area contributed by atoms with Gasteiger partial charge < -0.3 is 5.32 Å². The van der Waals surface area contributed by atoms with Crippen LogP contribution in [-0.4, -0.2) is 32.6 Å². The van der Waals surface area contributed by atoms with Crippen LogP contribution in [-0.2, 0) is 4.79 Å². The van der Waals surface area contributed by atoms with Crippen LogP contribution in [0.4, 0.5) is 10.1 Å². The summed E-state index contributed by atoms with van der Waals surface area (Å²) in [6.07, 6.45) is 0.447. The molecule has 0 unspecified atom stereocenters. The normalized spacial score (nSPS) is 10.9. The first-order valence-corrected chi connectivity index (χ1v) is 10.1. The minimum atomic E-state index is -0.392. The quantitative estimate of drug-likeness (QED) is 0.418. The van der Waals surface area contributed by atoms with E-state index in [1.54, 1.807) is 42.5 Å². The number of H-pyrrole nitrogens is 1. The zero-order chi connectivity index (χ0) is 20.8. The summed E-state index contributed by atoms with van der Waals surface area (Å²) in [6, 6.07) is 13.0. The molecule has 0 radical (unpaired) electrons. The van der Waals surface area contributed by atoms with E-state index in [4.69, 9.17) is 0 Å². The van der Waals surface area contributed by atoms with Gasteiger partial charge in [0, 0.05) is 17.7 Å². The Kier molecular flexibility index (Phi) is 6.77. The Hall–Kier alpha value is -3.00. The standard InChI is InChI=1S/C21H21FN4O2S/c1-13(2)11-19(28)23-15-9-7-14(8-10-15)18(27)12-29-21-24-20(25-26-21)16-5-3-4-6-17(16)22/h3-10,13H,11-12H2,1-2H3,(H,23,28)(H,24,25,26). The zero-order valence-corrected chi connectivity index (χ0v) is 16.9. The number of amides is 1. The molecular weight excluding hydrogens is 391 g/mol. The number of halogens is 1. The fourth-order valence-corrected chi connectivity index (χ4v) is 3.31. The summed E-state index contributed by atoms with van der Waals surface area (Å²) in [6.45, 7) is 3.96. The Morgan fingerprint density at radius 2 is 1.86 bits per heavy atom. The Morgan fingerprint density at radius 3 is 2.55 bits per heavy atom. The van der Waals surface area contributed by atoms with Gasteiger partial charge >= 0.3 is 0 Å². The van der Waals surface area contributed by atoms with Gasteiger partial charge in [-0.25, -0.2) is 9.37 Å². The summed E-state index contributed by atoms with van der Waals surface area (Å²) in [4.78, 5) is 28.4. The first-order valence-electron chi connectivity index (χ1n) is 9.15. The molecule has 150 valence electrons. The lowest BCUT2D eigenvalue weighted by molar-refractivity contribution is -0.116. The van der Waals surface area contributed by atoms with Gasteiger partial charge in [0.25, 0.3) is 0 Å². The molecule has 1 aromatic heterocycles. The van der Waals surface area contributed by atoms with E-state index in [1.165, 1.54) is 17.8 Å². The van der Waals surface area contributed by atoms with Gasteiger partial charge in [0.1, 0.15) is 5.82 Å². The molecular formula is C21H21FN4O2S. The molecule has 2 N–H and O–H groups in total. The van der Waals surface area contributed by atoms with Gasteiger partial charge in [0.15, 0.2) is 11.6 Å². The molecule has 0 aliphatic rings. The number of Topliss-reactive ketones (excluding diaryl/α,β-unsaturated/α-hetero) is 1. The molecule has 1 amide bonds. The number of carbonyl (C=O) groups excluding carboxylic acids is 2. The van der Waals surface area contributed by atoms with Crippen molar-refractivity contribution in [3.63, 3.8) is 0 Å². The van der Waals surface area contributed by atoms with Crippen LogP contribution in [0, 0.1) is 11.7 Å². The van der Waals surface area contributed by atoms with E-state index in [-0.39, 0.29) is 23.4 Å². The molecule has 0 atom stereocenters. The van der Waals surface area contributed by atoms with Crippen molar-refractivity contribution in [3.8, 4) is 11.4 Å². The predicted octanol–water partition coefficient (Wildman–Crippen LogP) is 4.57. The Labute approximate surface area is 172 Å². The molecule has 3 rings (SSSR count). The number of thioether (sulfide) groups is 1. The van der Waals surface area contributed by atoms with E-state index in [2.05, 4.69) is 20.5 Å². The minimum absolute atomic E-state index is 0.0510. The van der Waals surface area contributed by atoms with Crippen LogP contribution in [0.5, 0.6) is 0 Å². The van der Waals surface area contributed by atoms with Crippen LogP contribution < -0.4 is 5.32 Å². The summed E-state index contributed by atoms with van der Waals surface area (Å²) in [5, 5.41) is 9.90. The van der Waals surface area contributed by atoms with Crippen LogP contribution in [0.15, 0.2) is 53.7 Å². The van der Waals surface area contributed by atoms with Crippen LogP contribution in [0.3, 0.4) is 0 Å². The Balaban J connectivity index is 1.56. The lowest BCUT2D eigenvalue weighted by atomic mass is 10.1. The number of hydrogen-bond donors (Lipinski definition) is 2. The summed E-state index contributed by atoms with van der Waals surface area (Å²) < 4.78 is 13.8. The van der Waals surface area contributed by atoms with Gasteiger partial charge in [-0.2, -0.15) is 0 Å². The van der Waals surface area contributed by atoms with Gasteiger partial charge in [-0.05, 0) is 42.3 Å². The molecule has 2 aromatic carbocycles. The van der Waals surface area contributed by atoms with Crippen LogP contribution >= 0.6 is 11.8 Å². The molecule has 0 bridgehead atoms. The number of aromatic nitrogens is 3. The van der Waals surface area contributed by atoms with Crippen molar-refractivity contribution < 1.29 is 14.0 Å². The molecule has 0 saturated carbocycles. The van der Waals surface area contributed by atoms with Crippen molar-refractivity contribution in [1.82, 2.24) is 15.2 Å². The summed E-state index contributed by atoms with van der Waals surface area (Å²) in [5.74, 6) is 0.212. The second kappa shape index (κ2) is 9.47. The molecule has 0 aliphatic carbocycles. The van der Waals surface area contributed by atoms with E-state index in [0.29, 0.717) is 34.2 Å². The van der Waals surface area contributed by atoms with Gasteiger partial charge in [-0.1, -0.05) is 37.7 Å². The monoisotopic (exact) mass is 412 g/mol. The maximum atomic E-state index is 13.8. The van der Waals surface area contributed by atoms with E-state index in [1.807, 2.05) is 13.8 Å². The molecule has 0 saturated heterocycles. The zero-order valence-electron chi connectivity index (χ0n) is 16.1. The molecule has 29 heavy (non-hydrogen) atoms. The van der Waals surface area contributed by atoms with Crippen LogP contribution in [0.2, 0.25) is 0 Å². The third kappa shape index (κ3) is 5.74. The third-order valence-corrected chi connectivity index (χ3v) is 4.86. The topological polar surface area (TPSA) is 87.7 Å². The number of aromatic amines is 1. The lowest BCUT2D eigenvalue weighted by Gasteiger charge is -2.07. The maximum absolute atomic E-state index is 13.8. The van der Waals surface area contributed by atoms with Gasteiger partial charge in [0.05, 0.1) is 11.3 Å². The molecule has 0 aliphatic heterocycles. The smallest absolute Gasteiger partial charge is 0.224 e. The predicted molar refractivity (Wildman–Crippen MR) is 111 cm³/mol. The molecule has 0 fully saturated rings. The number of carbonyl (C=O) groups is 2. The number of anilines is 1. The second-order valence-electron chi connectivity index (χ2n) is 6.88. The first-order chi connectivity index (χ1) is 13.9. The summed E-state index contributed by atoms with van der Waals surface area (Å²) in [5.41, 5.74) is 1.51. The largest absolute Gasteiger partial charge is 0.326 e. The van der Waals surface area contributed by atoms with Crippen LogP contribution in [0.25, 0.3) is 11.4 Å². The Bertz CT molecular complexity index is 1000. The molecule has 1 heterocycles. The average Bonchev–Trinajstić information content (AvgIpc) is 3.15. The van der Waals surface area contributed by atoms with E-state index in [0.717, 1.165) is 0 Å². The van der Waals surface area contributed by atoms with Crippen molar-refractivity contribution in [2.45, 2.75) is 25.4 Å². The molecule has 8 heteroatoms. The van der Waals surface area contributed by atoms with E-state index < -0.39 is 5.82 Å². The van der Waals surface area contributed by atoms with Gasteiger partial charge in [-0.3, -0.25) is 14.7 Å². The number of ketones is 1. The van der Waals surface area contributed by atoms with Crippen molar-refractivity contribution in [2.24, 2.45) is 5.92 Å². The third-order valence-electron chi connectivity index (χ3n) is 4.01. The highest BCUT2D eigenvalue weighted by atomic mass is 32.2. The number of benzene rings is 2. The Morgan fingerprint density at radius 1 is 1.14 bits per heavy atom. The maximum Gasteiger partial charge on any atom is 0.224 e. The number of nitrogens with one attached hydrogen (secondary N) is 2. The number of nitrogens with zero attached hydrogens (tertiary/aromatic N) is 2. The van der Waals surface area contributed by atoms with Crippen molar-refractivity contribution in [2.75, 3.05) is 11.1 Å². The van der Waals surface area contributed by atoms with Crippen molar-refractivity contribution >= 4 is 29.1 Å². The fraction of sp³-hybridized carbons (Fsp3) is 0.238. The SMILES string of the molecule is CC(C)CC(=O)Nc1ccc(C(=O)CSc2n[nH]c(-c3ccccc3F)n2)cc1. The first kappa shape index (κ1) is 20.7. The number of hydrogen-bond acceptors (Lipinski definition) is 5. The summed E-state index contributed by atoms with van der Waals surface area (Å²) in [7, 11) is 0. The highest BCUT2D eigenvalue weighted by Crippen LogP contribution is 2.22. The fourth-order valence-electron chi connectivity index (χ4n) is 2.62. The average molecular weight is 412 g/mol. The van der Waals surface area contributed by atoms with Crippen molar-refractivity contribution in [1.29, 1.82) is 0 Å².